The van der Waals surface area contributed by atoms with Crippen molar-refractivity contribution in [3.8, 4) is 11.3 Å². The van der Waals surface area contributed by atoms with E-state index in [2.05, 4.69) is 20.2 Å². The van der Waals surface area contributed by atoms with Gasteiger partial charge in [0.1, 0.15) is 0 Å². The van der Waals surface area contributed by atoms with Crippen molar-refractivity contribution < 1.29 is 21.6 Å². The van der Waals surface area contributed by atoms with Crippen LogP contribution < -0.4 is 10.0 Å². The maximum atomic E-state index is 12.7. The lowest BCUT2D eigenvalue weighted by Gasteiger charge is -2.10. The van der Waals surface area contributed by atoms with E-state index in [-0.39, 0.29) is 21.6 Å². The van der Waals surface area contributed by atoms with Crippen molar-refractivity contribution >= 4 is 37.1 Å². The zero-order valence-corrected chi connectivity index (χ0v) is 19.1. The number of sulfonamides is 1. The second-order valence-corrected chi connectivity index (χ2v) is 10.7. The van der Waals surface area contributed by atoms with Crippen molar-refractivity contribution in [1.82, 2.24) is 10.2 Å². The van der Waals surface area contributed by atoms with Crippen molar-refractivity contribution in [3.05, 3.63) is 60.7 Å². The van der Waals surface area contributed by atoms with Crippen LogP contribution in [0.3, 0.4) is 0 Å². The molecular weight excluding hydrogens is 452 g/mol. The highest BCUT2D eigenvalue weighted by Crippen LogP contribution is 2.24. The van der Waals surface area contributed by atoms with Gasteiger partial charge in [0.2, 0.25) is 5.91 Å². The minimum Gasteiger partial charge on any atom is -0.326 e. The van der Waals surface area contributed by atoms with E-state index in [1.54, 1.807) is 31.2 Å². The lowest BCUT2D eigenvalue weighted by molar-refractivity contribution is -0.115. The van der Waals surface area contributed by atoms with Crippen LogP contribution >= 0.6 is 0 Å². The van der Waals surface area contributed by atoms with Crippen molar-refractivity contribution in [3.63, 3.8) is 0 Å². The molecule has 0 bridgehead atoms. The average Bonchev–Trinajstić information content (AvgIpc) is 2.79. The Morgan fingerprint density at radius 3 is 2.19 bits per heavy atom. The third kappa shape index (κ3) is 5.48. The summed E-state index contributed by atoms with van der Waals surface area (Å²) in [5.74, 6) is -0.247. The fourth-order valence-electron chi connectivity index (χ4n) is 2.71. The standard InChI is InChI=1S/C21H22N4O5S2/c1-3-20(26)22-16-8-10-18(11-9-16)32(29,30)25-17-7-5-6-15(14-17)19-12-13-21(24-23-19)31(27,28)4-2/h5-14,25H,3-4H2,1-2H3,(H,22,26). The number of nitrogens with zero attached hydrogens (tertiary/aromatic N) is 2. The van der Waals surface area contributed by atoms with Crippen molar-refractivity contribution in [2.75, 3.05) is 15.8 Å². The number of amides is 1. The second-order valence-electron chi connectivity index (χ2n) is 6.77. The number of benzene rings is 2. The van der Waals surface area contributed by atoms with Crippen LogP contribution in [0.4, 0.5) is 11.4 Å². The first-order chi connectivity index (χ1) is 15.1. The van der Waals surface area contributed by atoms with E-state index in [0.29, 0.717) is 29.1 Å². The number of rotatable bonds is 8. The lowest BCUT2D eigenvalue weighted by Crippen LogP contribution is -2.13. The molecule has 0 atom stereocenters. The van der Waals surface area contributed by atoms with Gasteiger partial charge in [-0.1, -0.05) is 26.0 Å². The molecule has 0 aliphatic rings. The van der Waals surface area contributed by atoms with E-state index in [4.69, 9.17) is 0 Å². The topological polar surface area (TPSA) is 135 Å². The Bertz CT molecular complexity index is 1320. The summed E-state index contributed by atoms with van der Waals surface area (Å²) in [5.41, 5.74) is 1.77. The molecule has 1 heterocycles. The Morgan fingerprint density at radius 2 is 1.59 bits per heavy atom. The molecule has 2 aromatic carbocycles. The highest BCUT2D eigenvalue weighted by Gasteiger charge is 2.16. The number of aromatic nitrogens is 2. The molecule has 32 heavy (non-hydrogen) atoms. The van der Waals surface area contributed by atoms with E-state index >= 15 is 0 Å². The maximum Gasteiger partial charge on any atom is 0.261 e. The SMILES string of the molecule is CCC(=O)Nc1ccc(S(=O)(=O)Nc2cccc(-c3ccc(S(=O)(=O)CC)nn3)c2)cc1. The van der Waals surface area contributed by atoms with Gasteiger partial charge >= 0.3 is 0 Å². The molecular formula is C21H22N4O5S2. The Morgan fingerprint density at radius 1 is 0.875 bits per heavy atom. The van der Waals surface area contributed by atoms with Crippen molar-refractivity contribution in [1.29, 1.82) is 0 Å². The smallest absolute Gasteiger partial charge is 0.261 e. The first-order valence-electron chi connectivity index (χ1n) is 9.74. The van der Waals surface area contributed by atoms with Crippen LogP contribution in [0.5, 0.6) is 0 Å². The Hall–Kier alpha value is -3.31. The summed E-state index contributed by atoms with van der Waals surface area (Å²) in [6.07, 6.45) is 0.319. The Labute approximate surface area is 186 Å². The summed E-state index contributed by atoms with van der Waals surface area (Å²) < 4.78 is 51.7. The molecule has 3 rings (SSSR count). The Balaban J connectivity index is 1.80. The fourth-order valence-corrected chi connectivity index (χ4v) is 4.50. The van der Waals surface area contributed by atoms with Crippen LogP contribution in [0.15, 0.2) is 70.6 Å². The van der Waals surface area contributed by atoms with Gasteiger partial charge in [0, 0.05) is 23.4 Å². The minimum atomic E-state index is -3.87. The van der Waals surface area contributed by atoms with Gasteiger partial charge in [-0.25, -0.2) is 16.8 Å². The van der Waals surface area contributed by atoms with Crippen LogP contribution in [-0.4, -0.2) is 38.7 Å². The van der Waals surface area contributed by atoms with Crippen molar-refractivity contribution in [2.45, 2.75) is 30.2 Å². The first-order valence-corrected chi connectivity index (χ1v) is 12.9. The molecule has 0 aliphatic carbocycles. The monoisotopic (exact) mass is 474 g/mol. The number of carbonyl (C=O) groups excluding carboxylic acids is 1. The molecule has 9 nitrogen and oxygen atoms in total. The second kappa shape index (κ2) is 9.45. The summed E-state index contributed by atoms with van der Waals surface area (Å²) in [6, 6.07) is 15.2. The number of anilines is 2. The maximum absolute atomic E-state index is 12.7. The molecule has 0 spiro atoms. The summed E-state index contributed by atoms with van der Waals surface area (Å²) >= 11 is 0. The highest BCUT2D eigenvalue weighted by atomic mass is 32.2. The Kier molecular flexibility index (Phi) is 6.90. The summed E-state index contributed by atoms with van der Waals surface area (Å²) in [7, 11) is -7.33. The van der Waals surface area contributed by atoms with Gasteiger partial charge in [-0.3, -0.25) is 9.52 Å². The van der Waals surface area contributed by atoms with Gasteiger partial charge in [-0.15, -0.1) is 10.2 Å². The predicted molar refractivity (Wildman–Crippen MR) is 121 cm³/mol. The van der Waals surface area contributed by atoms with E-state index in [1.807, 2.05) is 0 Å². The normalized spacial score (nSPS) is 11.7. The molecule has 11 heteroatoms. The van der Waals surface area contributed by atoms with Crippen LogP contribution in [0.2, 0.25) is 0 Å². The third-order valence-corrected chi connectivity index (χ3v) is 7.53. The zero-order chi connectivity index (χ0) is 23.4. The molecule has 0 unspecified atom stereocenters. The van der Waals surface area contributed by atoms with Gasteiger partial charge in [0.15, 0.2) is 14.9 Å². The van der Waals surface area contributed by atoms with E-state index in [1.165, 1.54) is 43.3 Å². The van der Waals surface area contributed by atoms with Crippen LogP contribution in [0, 0.1) is 0 Å². The zero-order valence-electron chi connectivity index (χ0n) is 17.4. The van der Waals surface area contributed by atoms with Gasteiger partial charge in [0.05, 0.1) is 16.3 Å². The molecule has 0 fully saturated rings. The average molecular weight is 475 g/mol. The largest absolute Gasteiger partial charge is 0.326 e. The van der Waals surface area contributed by atoms with Crippen molar-refractivity contribution in [2.24, 2.45) is 0 Å². The van der Waals surface area contributed by atoms with Gasteiger partial charge in [-0.2, -0.15) is 0 Å². The number of sulfone groups is 1. The lowest BCUT2D eigenvalue weighted by atomic mass is 10.1. The molecule has 2 N–H and O–H groups in total. The first kappa shape index (κ1) is 23.4. The number of carbonyl (C=O) groups is 1. The molecule has 168 valence electrons. The third-order valence-electron chi connectivity index (χ3n) is 4.52. The fraction of sp³-hybridized carbons (Fsp3) is 0.190. The summed E-state index contributed by atoms with van der Waals surface area (Å²) in [4.78, 5) is 11.5. The molecule has 1 aromatic heterocycles. The molecule has 0 saturated carbocycles. The van der Waals surface area contributed by atoms with Crippen LogP contribution in [-0.2, 0) is 24.7 Å². The number of hydrogen-bond donors (Lipinski definition) is 2. The number of nitrogens with one attached hydrogen (secondary N) is 2. The van der Waals surface area contributed by atoms with Gasteiger partial charge in [0.25, 0.3) is 10.0 Å². The quantitative estimate of drug-likeness (QED) is 0.512. The molecule has 1 amide bonds. The van der Waals surface area contributed by atoms with Crippen LogP contribution in [0.25, 0.3) is 11.3 Å². The predicted octanol–water partition coefficient (Wildman–Crippen LogP) is 3.09. The number of hydrogen-bond acceptors (Lipinski definition) is 7. The van der Waals surface area contributed by atoms with Gasteiger partial charge in [-0.05, 0) is 48.5 Å². The molecule has 0 aliphatic heterocycles. The van der Waals surface area contributed by atoms with Gasteiger partial charge < -0.3 is 5.32 Å². The summed E-state index contributed by atoms with van der Waals surface area (Å²) in [6.45, 7) is 3.24. The molecule has 0 radical (unpaired) electrons. The van der Waals surface area contributed by atoms with E-state index in [9.17, 15) is 21.6 Å². The molecule has 0 saturated heterocycles. The van der Waals surface area contributed by atoms with E-state index in [0.717, 1.165) is 0 Å². The van der Waals surface area contributed by atoms with Crippen LogP contribution in [0.1, 0.15) is 20.3 Å². The minimum absolute atomic E-state index is 0.0336. The van der Waals surface area contributed by atoms with E-state index < -0.39 is 19.9 Å². The summed E-state index contributed by atoms with van der Waals surface area (Å²) in [5, 5.41) is 10.3. The highest BCUT2D eigenvalue weighted by molar-refractivity contribution is 7.92. The molecule has 3 aromatic rings.